The number of hydrogen-bond donors (Lipinski definition) is 2. The van der Waals surface area contributed by atoms with Gasteiger partial charge >= 0.3 is 11.8 Å². The molecule has 0 spiro atoms. The van der Waals surface area contributed by atoms with Crippen molar-refractivity contribution in [2.24, 2.45) is 5.10 Å². The van der Waals surface area contributed by atoms with E-state index in [4.69, 9.17) is 18.9 Å². The maximum atomic E-state index is 12.0. The molecule has 0 unspecified atom stereocenters. The van der Waals surface area contributed by atoms with Crippen LogP contribution in [0.1, 0.15) is 5.56 Å². The summed E-state index contributed by atoms with van der Waals surface area (Å²) in [4.78, 5) is 23.9. The SMILES string of the molecule is COc1ccc(/C=N\NC(=O)C(=O)Nc2ccc(OC)c(OC)c2)cc1OC. The number of ether oxygens (including phenoxy) is 4. The van der Waals surface area contributed by atoms with Crippen LogP contribution in [0.15, 0.2) is 41.5 Å². The van der Waals surface area contributed by atoms with Crippen LogP contribution < -0.4 is 29.7 Å². The van der Waals surface area contributed by atoms with Gasteiger partial charge in [0.1, 0.15) is 0 Å². The lowest BCUT2D eigenvalue weighted by Crippen LogP contribution is -2.32. The van der Waals surface area contributed by atoms with Gasteiger partial charge in [0, 0.05) is 11.8 Å². The molecule has 0 aliphatic rings. The van der Waals surface area contributed by atoms with Crippen LogP contribution in [0.3, 0.4) is 0 Å². The third kappa shape index (κ3) is 5.13. The molecule has 0 radical (unpaired) electrons. The second kappa shape index (κ2) is 9.81. The van der Waals surface area contributed by atoms with Crippen molar-refractivity contribution in [3.05, 3.63) is 42.0 Å². The van der Waals surface area contributed by atoms with Gasteiger partial charge in [-0.1, -0.05) is 0 Å². The summed E-state index contributed by atoms with van der Waals surface area (Å²) in [5.41, 5.74) is 3.19. The van der Waals surface area contributed by atoms with Gasteiger partial charge < -0.3 is 24.3 Å². The minimum absolute atomic E-state index is 0.377. The van der Waals surface area contributed by atoms with E-state index >= 15 is 0 Å². The first kappa shape index (κ1) is 20.6. The molecule has 2 aromatic rings. The summed E-state index contributed by atoms with van der Waals surface area (Å²) < 4.78 is 20.6. The van der Waals surface area contributed by atoms with Gasteiger partial charge in [-0.05, 0) is 35.9 Å². The Bertz CT molecular complexity index is 882. The molecular formula is C19H21N3O6. The fourth-order valence-corrected chi connectivity index (χ4v) is 2.25. The van der Waals surface area contributed by atoms with Gasteiger partial charge in [-0.3, -0.25) is 9.59 Å². The Morgan fingerprint density at radius 2 is 1.36 bits per heavy atom. The molecule has 0 aliphatic carbocycles. The molecule has 9 nitrogen and oxygen atoms in total. The third-order valence-corrected chi connectivity index (χ3v) is 3.63. The monoisotopic (exact) mass is 387 g/mol. The average molecular weight is 387 g/mol. The van der Waals surface area contributed by atoms with Crippen LogP contribution in [0.2, 0.25) is 0 Å². The highest BCUT2D eigenvalue weighted by atomic mass is 16.5. The van der Waals surface area contributed by atoms with Crippen LogP contribution in [0.4, 0.5) is 5.69 Å². The maximum Gasteiger partial charge on any atom is 0.329 e. The quantitative estimate of drug-likeness (QED) is 0.426. The fourth-order valence-electron chi connectivity index (χ4n) is 2.25. The van der Waals surface area contributed by atoms with Crippen molar-refractivity contribution in [3.63, 3.8) is 0 Å². The van der Waals surface area contributed by atoms with Crippen LogP contribution in [0.25, 0.3) is 0 Å². The molecule has 0 fully saturated rings. The molecule has 2 amide bonds. The van der Waals surface area contributed by atoms with Gasteiger partial charge in [0.05, 0.1) is 34.7 Å². The number of amides is 2. The van der Waals surface area contributed by atoms with E-state index in [1.165, 1.54) is 40.7 Å². The number of rotatable bonds is 7. The summed E-state index contributed by atoms with van der Waals surface area (Å²) in [6, 6.07) is 9.84. The van der Waals surface area contributed by atoms with E-state index < -0.39 is 11.8 Å². The summed E-state index contributed by atoms with van der Waals surface area (Å²) in [5, 5.41) is 6.22. The van der Waals surface area contributed by atoms with Crippen molar-refractivity contribution >= 4 is 23.7 Å². The summed E-state index contributed by atoms with van der Waals surface area (Å²) in [6.45, 7) is 0. The second-order valence-corrected chi connectivity index (χ2v) is 5.34. The van der Waals surface area contributed by atoms with Gasteiger partial charge in [0.15, 0.2) is 23.0 Å². The molecule has 2 N–H and O–H groups in total. The van der Waals surface area contributed by atoms with E-state index in [0.717, 1.165) is 0 Å². The van der Waals surface area contributed by atoms with E-state index in [2.05, 4.69) is 15.8 Å². The van der Waals surface area contributed by atoms with Gasteiger partial charge in [-0.2, -0.15) is 5.10 Å². The number of benzene rings is 2. The predicted molar refractivity (Wildman–Crippen MR) is 103 cm³/mol. The first-order valence-electron chi connectivity index (χ1n) is 8.10. The number of nitrogens with one attached hydrogen (secondary N) is 2. The average Bonchev–Trinajstić information content (AvgIpc) is 2.73. The molecule has 148 valence electrons. The van der Waals surface area contributed by atoms with Gasteiger partial charge in [0.25, 0.3) is 0 Å². The summed E-state index contributed by atoms with van der Waals surface area (Å²) in [6.07, 6.45) is 1.38. The van der Waals surface area contributed by atoms with Crippen molar-refractivity contribution in [2.45, 2.75) is 0 Å². The Morgan fingerprint density at radius 1 is 0.786 bits per heavy atom. The van der Waals surface area contributed by atoms with Crippen molar-refractivity contribution < 1.29 is 28.5 Å². The minimum Gasteiger partial charge on any atom is -0.493 e. The summed E-state index contributed by atoms with van der Waals surface area (Å²) in [5.74, 6) is 0.210. The Labute approximate surface area is 162 Å². The van der Waals surface area contributed by atoms with Crippen molar-refractivity contribution in [1.29, 1.82) is 0 Å². The number of carbonyl (C=O) groups is 2. The molecule has 0 bridgehead atoms. The number of hydrogen-bond acceptors (Lipinski definition) is 7. The highest BCUT2D eigenvalue weighted by molar-refractivity contribution is 6.39. The minimum atomic E-state index is -0.925. The molecule has 9 heteroatoms. The van der Waals surface area contributed by atoms with Crippen LogP contribution >= 0.6 is 0 Å². The zero-order valence-electron chi connectivity index (χ0n) is 15.9. The molecule has 0 atom stereocenters. The van der Waals surface area contributed by atoms with Gasteiger partial charge in [-0.25, -0.2) is 5.43 Å². The molecule has 2 aromatic carbocycles. The lowest BCUT2D eigenvalue weighted by atomic mass is 10.2. The van der Waals surface area contributed by atoms with E-state index in [0.29, 0.717) is 34.2 Å². The largest absolute Gasteiger partial charge is 0.493 e. The molecule has 2 rings (SSSR count). The lowest BCUT2D eigenvalue weighted by molar-refractivity contribution is -0.136. The molecule has 0 aromatic heterocycles. The predicted octanol–water partition coefficient (Wildman–Crippen LogP) is 1.81. The standard InChI is InChI=1S/C19H21N3O6/c1-25-14-7-5-12(9-16(14)27-3)11-20-22-19(24)18(23)21-13-6-8-15(26-2)17(10-13)28-4/h5-11H,1-4H3,(H,21,23)(H,22,24)/b20-11-. The highest BCUT2D eigenvalue weighted by Crippen LogP contribution is 2.29. The van der Waals surface area contributed by atoms with Crippen molar-refractivity contribution in [2.75, 3.05) is 33.8 Å². The first-order valence-corrected chi connectivity index (χ1v) is 8.10. The molecule has 28 heavy (non-hydrogen) atoms. The number of nitrogens with zero attached hydrogens (tertiary/aromatic N) is 1. The maximum absolute atomic E-state index is 12.0. The van der Waals surface area contributed by atoms with Crippen molar-refractivity contribution in [1.82, 2.24) is 5.43 Å². The molecule has 0 saturated heterocycles. The van der Waals surface area contributed by atoms with Crippen LogP contribution in [-0.2, 0) is 9.59 Å². The van der Waals surface area contributed by atoms with Crippen LogP contribution in [0.5, 0.6) is 23.0 Å². The number of hydrazone groups is 1. The molecule has 0 aliphatic heterocycles. The Balaban J connectivity index is 1.97. The number of carbonyl (C=O) groups excluding carboxylic acids is 2. The fraction of sp³-hybridized carbons (Fsp3) is 0.211. The Morgan fingerprint density at radius 3 is 1.96 bits per heavy atom. The number of methoxy groups -OCH3 is 4. The van der Waals surface area contributed by atoms with E-state index in [1.807, 2.05) is 0 Å². The van der Waals surface area contributed by atoms with Crippen LogP contribution in [-0.4, -0.2) is 46.5 Å². The van der Waals surface area contributed by atoms with E-state index in [9.17, 15) is 9.59 Å². The molecular weight excluding hydrogens is 366 g/mol. The normalized spacial score (nSPS) is 10.3. The number of anilines is 1. The lowest BCUT2D eigenvalue weighted by Gasteiger charge is -2.10. The molecule has 0 saturated carbocycles. The Hall–Kier alpha value is -3.75. The second-order valence-electron chi connectivity index (χ2n) is 5.34. The zero-order valence-corrected chi connectivity index (χ0v) is 15.9. The van der Waals surface area contributed by atoms with Crippen LogP contribution in [0, 0.1) is 0 Å². The summed E-state index contributed by atoms with van der Waals surface area (Å²) in [7, 11) is 6.01. The van der Waals surface area contributed by atoms with E-state index in [-0.39, 0.29) is 0 Å². The zero-order chi connectivity index (χ0) is 20.5. The molecule has 0 heterocycles. The highest BCUT2D eigenvalue weighted by Gasteiger charge is 2.14. The smallest absolute Gasteiger partial charge is 0.329 e. The van der Waals surface area contributed by atoms with Crippen molar-refractivity contribution in [3.8, 4) is 23.0 Å². The van der Waals surface area contributed by atoms with E-state index in [1.54, 1.807) is 30.3 Å². The first-order chi connectivity index (χ1) is 13.5. The summed E-state index contributed by atoms with van der Waals surface area (Å²) >= 11 is 0. The third-order valence-electron chi connectivity index (χ3n) is 3.63. The van der Waals surface area contributed by atoms with Gasteiger partial charge in [0.2, 0.25) is 0 Å². The topological polar surface area (TPSA) is 107 Å². The Kier molecular flexibility index (Phi) is 7.21. The van der Waals surface area contributed by atoms with Gasteiger partial charge in [-0.15, -0.1) is 0 Å².